The zero-order chi connectivity index (χ0) is 15.6. The van der Waals surface area contributed by atoms with Crippen LogP contribution in [0.2, 0.25) is 0 Å². The first-order chi connectivity index (χ1) is 9.79. The minimum Gasteiger partial charge on any atom is -0.321 e. The molecule has 8 heteroatoms. The van der Waals surface area contributed by atoms with Crippen LogP contribution >= 0.6 is 15.9 Å². The summed E-state index contributed by atoms with van der Waals surface area (Å²) in [5, 5.41) is 2.41. The Balaban J connectivity index is 2.31. The van der Waals surface area contributed by atoms with Crippen LogP contribution in [0.15, 0.2) is 41.1 Å². The lowest BCUT2D eigenvalue weighted by Crippen LogP contribution is -2.15. The fraction of sp³-hybridized carbons (Fsp3) is 0.0769. The molecule has 1 amide bonds. The first-order valence-corrected chi connectivity index (χ1v) is 6.36. The van der Waals surface area contributed by atoms with E-state index in [1.807, 2.05) is 0 Å². The number of carbonyl (C=O) groups is 1. The van der Waals surface area contributed by atoms with Crippen molar-refractivity contribution in [2.24, 2.45) is 0 Å². The van der Waals surface area contributed by atoms with Crippen LogP contribution in [0.25, 0.3) is 0 Å². The lowest BCUT2D eigenvalue weighted by Gasteiger charge is -2.11. The summed E-state index contributed by atoms with van der Waals surface area (Å²) in [6.07, 6.45) is -2.04. The Hall–Kier alpha value is -1.96. The highest BCUT2D eigenvalue weighted by Crippen LogP contribution is 2.32. The van der Waals surface area contributed by atoms with E-state index in [1.54, 1.807) is 0 Å². The third-order valence-corrected chi connectivity index (χ3v) is 3.19. The molecule has 0 unspecified atom stereocenters. The van der Waals surface area contributed by atoms with E-state index < -0.39 is 23.5 Å². The first kappa shape index (κ1) is 15.4. The molecule has 0 radical (unpaired) electrons. The van der Waals surface area contributed by atoms with Gasteiger partial charge in [-0.2, -0.15) is 13.2 Å². The summed E-state index contributed by atoms with van der Waals surface area (Å²) in [4.78, 5) is 15.7. The van der Waals surface area contributed by atoms with Crippen LogP contribution in [0.5, 0.6) is 0 Å². The number of alkyl halides is 3. The van der Waals surface area contributed by atoms with E-state index in [0.717, 1.165) is 6.07 Å². The molecule has 0 aliphatic heterocycles. The number of nitrogens with zero attached hydrogens (tertiary/aromatic N) is 1. The van der Waals surface area contributed by atoms with E-state index in [0.29, 0.717) is 22.3 Å². The molecule has 1 N–H and O–H groups in total. The Morgan fingerprint density at radius 3 is 2.57 bits per heavy atom. The minimum atomic E-state index is -4.86. The van der Waals surface area contributed by atoms with Crippen molar-refractivity contribution in [3.8, 4) is 0 Å². The van der Waals surface area contributed by atoms with Crippen molar-refractivity contribution in [1.29, 1.82) is 0 Å². The van der Waals surface area contributed by atoms with Crippen LogP contribution in [0.3, 0.4) is 0 Å². The lowest BCUT2D eigenvalue weighted by molar-refractivity contribution is -0.140. The topological polar surface area (TPSA) is 42.0 Å². The van der Waals surface area contributed by atoms with Crippen molar-refractivity contribution in [3.63, 3.8) is 0 Å². The smallest absolute Gasteiger partial charge is 0.321 e. The van der Waals surface area contributed by atoms with Crippen LogP contribution in [-0.2, 0) is 6.18 Å². The highest BCUT2D eigenvalue weighted by atomic mass is 79.9. The first-order valence-electron chi connectivity index (χ1n) is 5.56. The summed E-state index contributed by atoms with van der Waals surface area (Å²) in [6.45, 7) is 0. The van der Waals surface area contributed by atoms with E-state index in [2.05, 4.69) is 26.2 Å². The van der Waals surface area contributed by atoms with Crippen molar-refractivity contribution in [3.05, 3.63) is 58.1 Å². The molecule has 1 aromatic carbocycles. The molecule has 1 heterocycles. The molecule has 0 aliphatic rings. The van der Waals surface area contributed by atoms with Gasteiger partial charge in [0.2, 0.25) is 0 Å². The average Bonchev–Trinajstić information content (AvgIpc) is 2.40. The minimum absolute atomic E-state index is 0.299. The highest BCUT2D eigenvalue weighted by molar-refractivity contribution is 9.10. The summed E-state index contributed by atoms with van der Waals surface area (Å²) in [5.41, 5.74) is -1.44. The quantitative estimate of drug-likeness (QED) is 0.811. The number of pyridine rings is 1. The molecule has 0 bridgehead atoms. The molecule has 0 atom stereocenters. The molecule has 0 saturated carbocycles. The maximum atomic E-state index is 13.2. The van der Waals surface area contributed by atoms with Crippen molar-refractivity contribution >= 4 is 27.5 Å². The molecule has 2 rings (SSSR count). The molecule has 1 aromatic heterocycles. The van der Waals surface area contributed by atoms with Gasteiger partial charge in [-0.05, 0) is 40.2 Å². The summed E-state index contributed by atoms with van der Waals surface area (Å²) < 4.78 is 51.4. The molecule has 110 valence electrons. The summed E-state index contributed by atoms with van der Waals surface area (Å²) in [6, 6.07) is 3.53. The SMILES string of the molecule is O=C(Nc1ccncc1Br)c1ccc(F)c(C(F)(F)F)c1. The van der Waals surface area contributed by atoms with Gasteiger partial charge in [0.05, 0.1) is 15.7 Å². The van der Waals surface area contributed by atoms with Crippen LogP contribution in [-0.4, -0.2) is 10.9 Å². The van der Waals surface area contributed by atoms with Gasteiger partial charge in [-0.3, -0.25) is 9.78 Å². The fourth-order valence-corrected chi connectivity index (χ4v) is 1.90. The number of carbonyl (C=O) groups excluding carboxylic acids is 1. The monoisotopic (exact) mass is 362 g/mol. The Morgan fingerprint density at radius 1 is 1.24 bits per heavy atom. The largest absolute Gasteiger partial charge is 0.419 e. The number of hydrogen-bond acceptors (Lipinski definition) is 2. The molecule has 0 fully saturated rings. The normalized spacial score (nSPS) is 11.3. The van der Waals surface area contributed by atoms with E-state index in [4.69, 9.17) is 0 Å². The van der Waals surface area contributed by atoms with Gasteiger partial charge in [0.15, 0.2) is 0 Å². The maximum absolute atomic E-state index is 13.2. The average molecular weight is 363 g/mol. The molecule has 3 nitrogen and oxygen atoms in total. The van der Waals surface area contributed by atoms with E-state index in [9.17, 15) is 22.4 Å². The zero-order valence-electron chi connectivity index (χ0n) is 10.2. The molecule has 2 aromatic rings. The number of amides is 1. The number of nitrogens with one attached hydrogen (secondary N) is 1. The Morgan fingerprint density at radius 2 is 1.95 bits per heavy atom. The van der Waals surface area contributed by atoms with Crippen molar-refractivity contribution in [2.45, 2.75) is 6.18 Å². The summed E-state index contributed by atoms with van der Waals surface area (Å²) in [7, 11) is 0. The summed E-state index contributed by atoms with van der Waals surface area (Å²) >= 11 is 3.14. The molecule has 0 saturated heterocycles. The second-order valence-corrected chi connectivity index (χ2v) is 4.86. The number of benzene rings is 1. The fourth-order valence-electron chi connectivity index (χ4n) is 1.55. The van der Waals surface area contributed by atoms with Gasteiger partial charge >= 0.3 is 6.18 Å². The number of halogens is 5. The second kappa shape index (κ2) is 5.80. The van der Waals surface area contributed by atoms with Gasteiger partial charge in [-0.25, -0.2) is 4.39 Å². The molecule has 21 heavy (non-hydrogen) atoms. The van der Waals surface area contributed by atoms with Crippen LogP contribution in [0.4, 0.5) is 23.2 Å². The lowest BCUT2D eigenvalue weighted by atomic mass is 10.1. The van der Waals surface area contributed by atoms with Gasteiger partial charge in [-0.15, -0.1) is 0 Å². The molecule has 0 spiro atoms. The number of aromatic nitrogens is 1. The molecular weight excluding hydrogens is 356 g/mol. The van der Waals surface area contributed by atoms with E-state index in [-0.39, 0.29) is 5.56 Å². The standard InChI is InChI=1S/C13H7BrF4N2O/c14-9-6-19-4-3-11(9)20-12(21)7-1-2-10(15)8(5-7)13(16,17)18/h1-6H,(H,19,20,21). The third kappa shape index (κ3) is 3.57. The molecular formula is C13H7BrF4N2O. The van der Waals surface area contributed by atoms with E-state index >= 15 is 0 Å². The molecule has 0 aliphatic carbocycles. The predicted octanol–water partition coefficient (Wildman–Crippen LogP) is 4.25. The highest BCUT2D eigenvalue weighted by Gasteiger charge is 2.34. The Kier molecular flexibility index (Phi) is 4.26. The van der Waals surface area contributed by atoms with Gasteiger partial charge in [0, 0.05) is 18.0 Å². The van der Waals surface area contributed by atoms with Crippen molar-refractivity contribution in [1.82, 2.24) is 4.98 Å². The van der Waals surface area contributed by atoms with E-state index in [1.165, 1.54) is 18.5 Å². The maximum Gasteiger partial charge on any atom is 0.419 e. The number of rotatable bonds is 2. The van der Waals surface area contributed by atoms with Gasteiger partial charge in [0.1, 0.15) is 5.82 Å². The Bertz CT molecular complexity index is 688. The summed E-state index contributed by atoms with van der Waals surface area (Å²) in [5.74, 6) is -2.21. The Labute approximate surface area is 125 Å². The predicted molar refractivity (Wildman–Crippen MR) is 71.3 cm³/mol. The number of hydrogen-bond donors (Lipinski definition) is 1. The van der Waals surface area contributed by atoms with Crippen LogP contribution in [0, 0.1) is 5.82 Å². The van der Waals surface area contributed by atoms with Crippen LogP contribution in [0.1, 0.15) is 15.9 Å². The number of anilines is 1. The van der Waals surface area contributed by atoms with Gasteiger partial charge in [-0.1, -0.05) is 0 Å². The third-order valence-electron chi connectivity index (χ3n) is 2.55. The zero-order valence-corrected chi connectivity index (χ0v) is 11.8. The van der Waals surface area contributed by atoms with Crippen molar-refractivity contribution < 1.29 is 22.4 Å². The van der Waals surface area contributed by atoms with Crippen LogP contribution < -0.4 is 5.32 Å². The second-order valence-electron chi connectivity index (χ2n) is 4.00. The van der Waals surface area contributed by atoms with Gasteiger partial charge in [0.25, 0.3) is 5.91 Å². The van der Waals surface area contributed by atoms with Crippen molar-refractivity contribution in [2.75, 3.05) is 5.32 Å². The van der Waals surface area contributed by atoms with Gasteiger partial charge < -0.3 is 5.32 Å².